The fraction of sp³-hybridized carbons (Fsp3) is 0.400. The number of thiophene rings is 1. The second-order valence-corrected chi connectivity index (χ2v) is 6.02. The molecular formula is C15H18N2O2S. The van der Waals surface area contributed by atoms with Crippen LogP contribution in [0.1, 0.15) is 10.6 Å². The predicted octanol–water partition coefficient (Wildman–Crippen LogP) is 2.23. The molecule has 0 spiro atoms. The van der Waals surface area contributed by atoms with Gasteiger partial charge in [0.2, 0.25) is 5.91 Å². The number of hydrogen-bond donors (Lipinski definition) is 0. The number of amides is 1. The molecule has 0 bridgehead atoms. The zero-order chi connectivity index (χ0) is 13.8. The van der Waals surface area contributed by atoms with Crippen molar-refractivity contribution in [3.05, 3.63) is 46.5 Å². The molecule has 4 nitrogen and oxygen atoms in total. The van der Waals surface area contributed by atoms with Gasteiger partial charge in [-0.2, -0.15) is 0 Å². The van der Waals surface area contributed by atoms with Gasteiger partial charge in [0.1, 0.15) is 5.76 Å². The molecule has 20 heavy (non-hydrogen) atoms. The van der Waals surface area contributed by atoms with Crippen molar-refractivity contribution in [2.24, 2.45) is 0 Å². The van der Waals surface area contributed by atoms with Gasteiger partial charge in [-0.1, -0.05) is 6.07 Å². The predicted molar refractivity (Wildman–Crippen MR) is 78.6 cm³/mol. The van der Waals surface area contributed by atoms with E-state index in [1.54, 1.807) is 17.6 Å². The zero-order valence-corrected chi connectivity index (χ0v) is 12.1. The number of hydrogen-bond acceptors (Lipinski definition) is 4. The summed E-state index contributed by atoms with van der Waals surface area (Å²) in [5, 5.41) is 2.02. The summed E-state index contributed by atoms with van der Waals surface area (Å²) in [7, 11) is 0. The maximum absolute atomic E-state index is 12.2. The van der Waals surface area contributed by atoms with Crippen LogP contribution in [0, 0.1) is 0 Å². The quantitative estimate of drug-likeness (QED) is 0.866. The Labute approximate surface area is 122 Å². The lowest BCUT2D eigenvalue weighted by Gasteiger charge is -2.34. The Morgan fingerprint density at radius 3 is 2.70 bits per heavy atom. The van der Waals surface area contributed by atoms with Crippen LogP contribution in [0.2, 0.25) is 0 Å². The highest BCUT2D eigenvalue weighted by Gasteiger charge is 2.21. The second-order valence-electron chi connectivity index (χ2n) is 4.99. The van der Waals surface area contributed by atoms with E-state index in [1.807, 2.05) is 34.5 Å². The summed E-state index contributed by atoms with van der Waals surface area (Å²) in [4.78, 5) is 17.6. The molecule has 1 aliphatic heterocycles. The lowest BCUT2D eigenvalue weighted by molar-refractivity contribution is -0.132. The highest BCUT2D eigenvalue weighted by atomic mass is 32.1. The van der Waals surface area contributed by atoms with Gasteiger partial charge in [-0.15, -0.1) is 11.3 Å². The van der Waals surface area contributed by atoms with Gasteiger partial charge in [0.25, 0.3) is 0 Å². The van der Waals surface area contributed by atoms with Crippen LogP contribution in [0.15, 0.2) is 40.3 Å². The molecule has 0 saturated carbocycles. The summed E-state index contributed by atoms with van der Waals surface area (Å²) in [6.07, 6.45) is 2.24. The minimum Gasteiger partial charge on any atom is -0.468 e. The average Bonchev–Trinajstić information content (AvgIpc) is 3.13. The van der Waals surface area contributed by atoms with Crippen molar-refractivity contribution >= 4 is 17.2 Å². The first kappa shape index (κ1) is 13.4. The van der Waals surface area contributed by atoms with Crippen LogP contribution in [0.25, 0.3) is 0 Å². The van der Waals surface area contributed by atoms with Crippen LogP contribution < -0.4 is 0 Å². The van der Waals surface area contributed by atoms with Gasteiger partial charge in [0.15, 0.2) is 0 Å². The number of carbonyl (C=O) groups is 1. The molecule has 2 aromatic rings. The standard InChI is InChI=1S/C15H18N2O2S/c18-15(11-14-4-2-10-20-14)17-7-5-16(6-8-17)12-13-3-1-9-19-13/h1-4,9-10H,5-8,11-12H2. The van der Waals surface area contributed by atoms with E-state index in [0.29, 0.717) is 6.42 Å². The number of rotatable bonds is 4. The summed E-state index contributed by atoms with van der Waals surface area (Å²) in [5.41, 5.74) is 0. The Kier molecular flexibility index (Phi) is 4.18. The SMILES string of the molecule is O=C(Cc1cccs1)N1CCN(Cc2ccco2)CC1. The van der Waals surface area contributed by atoms with Gasteiger partial charge in [0, 0.05) is 31.1 Å². The van der Waals surface area contributed by atoms with Crippen molar-refractivity contribution < 1.29 is 9.21 Å². The number of piperazine rings is 1. The van der Waals surface area contributed by atoms with E-state index in [1.165, 1.54) is 0 Å². The highest BCUT2D eigenvalue weighted by molar-refractivity contribution is 7.10. The van der Waals surface area contributed by atoms with Crippen molar-refractivity contribution in [3.63, 3.8) is 0 Å². The molecule has 0 aromatic carbocycles. The summed E-state index contributed by atoms with van der Waals surface area (Å²) >= 11 is 1.65. The fourth-order valence-corrected chi connectivity index (χ4v) is 3.15. The maximum Gasteiger partial charge on any atom is 0.227 e. The Bertz CT molecular complexity index is 528. The molecule has 0 radical (unpaired) electrons. The van der Waals surface area contributed by atoms with Gasteiger partial charge in [-0.25, -0.2) is 0 Å². The van der Waals surface area contributed by atoms with Crippen LogP contribution >= 0.6 is 11.3 Å². The minimum atomic E-state index is 0.241. The van der Waals surface area contributed by atoms with Crippen molar-refractivity contribution in [2.45, 2.75) is 13.0 Å². The van der Waals surface area contributed by atoms with Crippen LogP contribution in [0.5, 0.6) is 0 Å². The van der Waals surface area contributed by atoms with Crippen LogP contribution in [-0.2, 0) is 17.8 Å². The van der Waals surface area contributed by atoms with Crippen molar-refractivity contribution in [2.75, 3.05) is 26.2 Å². The fourth-order valence-electron chi connectivity index (χ4n) is 2.45. The molecule has 2 aromatic heterocycles. The summed E-state index contributed by atoms with van der Waals surface area (Å²) < 4.78 is 5.36. The molecule has 3 rings (SSSR count). The average molecular weight is 290 g/mol. The number of furan rings is 1. The molecule has 1 aliphatic rings. The van der Waals surface area contributed by atoms with Gasteiger partial charge in [-0.3, -0.25) is 9.69 Å². The normalized spacial score (nSPS) is 16.5. The van der Waals surface area contributed by atoms with Crippen molar-refractivity contribution in [1.82, 2.24) is 9.80 Å². The second kappa shape index (κ2) is 6.24. The Hall–Kier alpha value is -1.59. The third kappa shape index (κ3) is 3.29. The Morgan fingerprint density at radius 2 is 2.05 bits per heavy atom. The third-order valence-electron chi connectivity index (χ3n) is 3.59. The maximum atomic E-state index is 12.2. The molecule has 1 saturated heterocycles. The molecule has 0 atom stereocenters. The summed E-state index contributed by atoms with van der Waals surface area (Å²) in [5.74, 6) is 1.23. The number of carbonyl (C=O) groups excluding carboxylic acids is 1. The van der Waals surface area contributed by atoms with E-state index in [-0.39, 0.29) is 5.91 Å². The molecule has 106 valence electrons. The van der Waals surface area contributed by atoms with Gasteiger partial charge >= 0.3 is 0 Å². The zero-order valence-electron chi connectivity index (χ0n) is 11.3. The first-order chi connectivity index (χ1) is 9.81. The molecular weight excluding hydrogens is 272 g/mol. The molecule has 0 unspecified atom stereocenters. The highest BCUT2D eigenvalue weighted by Crippen LogP contribution is 2.13. The lowest BCUT2D eigenvalue weighted by atomic mass is 10.2. The largest absolute Gasteiger partial charge is 0.468 e. The van der Waals surface area contributed by atoms with Gasteiger partial charge < -0.3 is 9.32 Å². The molecule has 1 fully saturated rings. The van der Waals surface area contributed by atoms with Gasteiger partial charge in [0.05, 0.1) is 19.2 Å². The van der Waals surface area contributed by atoms with Crippen LogP contribution in [0.4, 0.5) is 0 Å². The first-order valence-corrected chi connectivity index (χ1v) is 7.74. The monoisotopic (exact) mass is 290 g/mol. The topological polar surface area (TPSA) is 36.7 Å². The number of nitrogens with zero attached hydrogens (tertiary/aromatic N) is 2. The third-order valence-corrected chi connectivity index (χ3v) is 4.47. The molecule has 0 N–H and O–H groups in total. The summed E-state index contributed by atoms with van der Waals surface area (Å²) in [6, 6.07) is 7.93. The van der Waals surface area contributed by atoms with Crippen molar-refractivity contribution in [1.29, 1.82) is 0 Å². The van der Waals surface area contributed by atoms with E-state index in [0.717, 1.165) is 43.4 Å². The smallest absolute Gasteiger partial charge is 0.227 e. The van der Waals surface area contributed by atoms with Gasteiger partial charge in [-0.05, 0) is 23.6 Å². The lowest BCUT2D eigenvalue weighted by Crippen LogP contribution is -2.48. The van der Waals surface area contributed by atoms with E-state index < -0.39 is 0 Å². The van der Waals surface area contributed by atoms with E-state index in [9.17, 15) is 4.79 Å². The Morgan fingerprint density at radius 1 is 1.20 bits per heavy atom. The molecule has 3 heterocycles. The molecule has 0 aliphatic carbocycles. The van der Waals surface area contributed by atoms with Crippen LogP contribution in [-0.4, -0.2) is 41.9 Å². The molecule has 5 heteroatoms. The van der Waals surface area contributed by atoms with E-state index in [4.69, 9.17) is 4.42 Å². The summed E-state index contributed by atoms with van der Waals surface area (Å²) in [6.45, 7) is 4.28. The van der Waals surface area contributed by atoms with E-state index >= 15 is 0 Å². The first-order valence-electron chi connectivity index (χ1n) is 6.86. The minimum absolute atomic E-state index is 0.241. The Balaban J connectivity index is 1.47. The molecule has 1 amide bonds. The van der Waals surface area contributed by atoms with Crippen molar-refractivity contribution in [3.8, 4) is 0 Å². The van der Waals surface area contributed by atoms with Crippen LogP contribution in [0.3, 0.4) is 0 Å². The van der Waals surface area contributed by atoms with E-state index in [2.05, 4.69) is 4.90 Å².